The van der Waals surface area contributed by atoms with Gasteiger partial charge < -0.3 is 10.8 Å². The molecule has 0 saturated carbocycles. The summed E-state index contributed by atoms with van der Waals surface area (Å²) in [5.41, 5.74) is 4.88. The lowest BCUT2D eigenvalue weighted by Gasteiger charge is -2.02. The van der Waals surface area contributed by atoms with Crippen LogP contribution >= 0.6 is 23.1 Å². The van der Waals surface area contributed by atoms with E-state index in [0.717, 1.165) is 29.2 Å². The Morgan fingerprint density at radius 1 is 1.33 bits per heavy atom. The second-order valence-corrected chi connectivity index (χ2v) is 5.88. The standard InChI is InChI=1S/C12H8N2O5S2/c13-11(15)6-1-2-9(8(3-6)14(18)19)21-7-4-10(12(16)17)20-5-7/h1-5H,(H2,13,15)(H,16,17). The number of hydrogen-bond acceptors (Lipinski definition) is 6. The molecule has 9 heteroatoms. The predicted molar refractivity (Wildman–Crippen MR) is 77.0 cm³/mol. The molecule has 2 rings (SSSR count). The van der Waals surface area contributed by atoms with Crippen LogP contribution in [0.3, 0.4) is 0 Å². The van der Waals surface area contributed by atoms with Crippen molar-refractivity contribution in [1.29, 1.82) is 0 Å². The van der Waals surface area contributed by atoms with Gasteiger partial charge in [0.15, 0.2) is 0 Å². The normalized spacial score (nSPS) is 10.3. The van der Waals surface area contributed by atoms with Gasteiger partial charge in [0.2, 0.25) is 5.91 Å². The number of benzene rings is 1. The number of rotatable bonds is 5. The summed E-state index contributed by atoms with van der Waals surface area (Å²) < 4.78 is 0. The number of aromatic carboxylic acids is 1. The van der Waals surface area contributed by atoms with Crippen LogP contribution in [0.5, 0.6) is 0 Å². The highest BCUT2D eigenvalue weighted by Crippen LogP contribution is 2.37. The van der Waals surface area contributed by atoms with E-state index in [1.54, 1.807) is 5.38 Å². The van der Waals surface area contributed by atoms with E-state index in [-0.39, 0.29) is 16.1 Å². The summed E-state index contributed by atoms with van der Waals surface area (Å²) >= 11 is 2.09. The first-order valence-electron chi connectivity index (χ1n) is 5.46. The number of nitro groups is 1. The number of nitro benzene ring substituents is 1. The lowest BCUT2D eigenvalue weighted by Crippen LogP contribution is -2.11. The fraction of sp³-hybridized carbons (Fsp3) is 0. The van der Waals surface area contributed by atoms with Crippen LogP contribution in [0.2, 0.25) is 0 Å². The molecule has 0 aliphatic rings. The molecule has 1 aromatic heterocycles. The van der Waals surface area contributed by atoms with Crippen molar-refractivity contribution in [3.8, 4) is 0 Å². The number of thiophene rings is 1. The zero-order valence-corrected chi connectivity index (χ0v) is 11.9. The van der Waals surface area contributed by atoms with Crippen LogP contribution in [0.1, 0.15) is 20.0 Å². The average molecular weight is 324 g/mol. The molecule has 2 aromatic rings. The van der Waals surface area contributed by atoms with Gasteiger partial charge in [-0.25, -0.2) is 4.79 Å². The topological polar surface area (TPSA) is 124 Å². The molecular formula is C12H8N2O5S2. The fourth-order valence-corrected chi connectivity index (χ4v) is 3.33. The predicted octanol–water partition coefficient (Wildman–Crippen LogP) is 2.60. The van der Waals surface area contributed by atoms with E-state index in [2.05, 4.69) is 0 Å². The van der Waals surface area contributed by atoms with Gasteiger partial charge >= 0.3 is 5.97 Å². The first kappa shape index (κ1) is 15.0. The SMILES string of the molecule is NC(=O)c1ccc(Sc2csc(C(=O)O)c2)c([N+](=O)[O-])c1. The van der Waals surface area contributed by atoms with Crippen molar-refractivity contribution < 1.29 is 19.6 Å². The first-order valence-corrected chi connectivity index (χ1v) is 7.16. The highest BCUT2D eigenvalue weighted by atomic mass is 32.2. The van der Waals surface area contributed by atoms with Crippen LogP contribution in [0.4, 0.5) is 5.69 Å². The maximum atomic E-state index is 11.1. The van der Waals surface area contributed by atoms with Gasteiger partial charge in [-0.3, -0.25) is 14.9 Å². The Morgan fingerprint density at radius 2 is 2.05 bits per heavy atom. The molecular weight excluding hydrogens is 316 g/mol. The van der Waals surface area contributed by atoms with Crippen LogP contribution in [-0.4, -0.2) is 21.9 Å². The number of amides is 1. The van der Waals surface area contributed by atoms with Gasteiger partial charge in [-0.15, -0.1) is 11.3 Å². The number of carboxylic acid groups (broad SMARTS) is 1. The van der Waals surface area contributed by atoms with Gasteiger partial charge in [0.05, 0.1) is 9.82 Å². The molecule has 108 valence electrons. The largest absolute Gasteiger partial charge is 0.477 e. The average Bonchev–Trinajstić information content (AvgIpc) is 2.87. The minimum atomic E-state index is -1.05. The summed E-state index contributed by atoms with van der Waals surface area (Å²) in [7, 11) is 0. The third-order valence-electron chi connectivity index (χ3n) is 2.45. The van der Waals surface area contributed by atoms with Crippen LogP contribution in [0.15, 0.2) is 39.4 Å². The lowest BCUT2D eigenvalue weighted by molar-refractivity contribution is -0.387. The van der Waals surface area contributed by atoms with Gasteiger partial charge in [0, 0.05) is 21.9 Å². The number of carbonyl (C=O) groups is 2. The maximum Gasteiger partial charge on any atom is 0.345 e. The second-order valence-electron chi connectivity index (χ2n) is 3.86. The molecule has 0 aliphatic heterocycles. The van der Waals surface area contributed by atoms with Crippen LogP contribution in [0.25, 0.3) is 0 Å². The summed E-state index contributed by atoms with van der Waals surface area (Å²) in [4.78, 5) is 33.3. The second kappa shape index (κ2) is 5.94. The minimum absolute atomic E-state index is 0.0441. The maximum absolute atomic E-state index is 11.1. The number of hydrogen-bond donors (Lipinski definition) is 2. The summed E-state index contributed by atoms with van der Waals surface area (Å²) in [5, 5.41) is 21.5. The minimum Gasteiger partial charge on any atom is -0.477 e. The molecule has 7 nitrogen and oxygen atoms in total. The number of nitrogens with zero attached hydrogens (tertiary/aromatic N) is 1. The Balaban J connectivity index is 2.36. The number of carboxylic acids is 1. The molecule has 21 heavy (non-hydrogen) atoms. The molecule has 3 N–H and O–H groups in total. The molecule has 1 heterocycles. The van der Waals surface area contributed by atoms with E-state index < -0.39 is 16.8 Å². The van der Waals surface area contributed by atoms with E-state index in [9.17, 15) is 19.7 Å². The molecule has 1 amide bonds. The highest BCUT2D eigenvalue weighted by Gasteiger charge is 2.18. The first-order chi connectivity index (χ1) is 9.88. The molecule has 0 unspecified atom stereocenters. The van der Waals surface area contributed by atoms with E-state index in [4.69, 9.17) is 10.8 Å². The summed E-state index contributed by atoms with van der Waals surface area (Å²) in [6.07, 6.45) is 0. The number of carbonyl (C=O) groups excluding carboxylic acids is 1. The van der Waals surface area contributed by atoms with Crippen molar-refractivity contribution in [1.82, 2.24) is 0 Å². The van der Waals surface area contributed by atoms with E-state index >= 15 is 0 Å². The summed E-state index contributed by atoms with van der Waals surface area (Å²) in [6.45, 7) is 0. The molecule has 0 aliphatic carbocycles. The van der Waals surface area contributed by atoms with Crippen molar-refractivity contribution in [2.45, 2.75) is 9.79 Å². The van der Waals surface area contributed by atoms with Crippen molar-refractivity contribution in [2.75, 3.05) is 0 Å². The van der Waals surface area contributed by atoms with Gasteiger partial charge in [-0.1, -0.05) is 11.8 Å². The van der Waals surface area contributed by atoms with Crippen molar-refractivity contribution >= 4 is 40.7 Å². The summed E-state index contributed by atoms with van der Waals surface area (Å²) in [6, 6.07) is 5.35. The number of nitrogens with two attached hydrogens (primary N) is 1. The van der Waals surface area contributed by atoms with Crippen LogP contribution in [0, 0.1) is 10.1 Å². The zero-order chi connectivity index (χ0) is 15.6. The molecule has 0 spiro atoms. The van der Waals surface area contributed by atoms with Crippen LogP contribution < -0.4 is 5.73 Å². The number of primary amides is 1. The smallest absolute Gasteiger partial charge is 0.345 e. The lowest BCUT2D eigenvalue weighted by atomic mass is 10.2. The Hall–Kier alpha value is -2.39. The molecule has 0 fully saturated rings. The third kappa shape index (κ3) is 3.38. The van der Waals surface area contributed by atoms with Crippen molar-refractivity contribution in [3.05, 3.63) is 50.2 Å². The van der Waals surface area contributed by atoms with Gasteiger partial charge in [0.1, 0.15) is 4.88 Å². The molecule has 0 atom stereocenters. The van der Waals surface area contributed by atoms with Crippen molar-refractivity contribution in [3.63, 3.8) is 0 Å². The van der Waals surface area contributed by atoms with Gasteiger partial charge in [-0.05, 0) is 18.2 Å². The Labute approximate surface area is 126 Å². The molecule has 1 aromatic carbocycles. The molecule has 0 saturated heterocycles. The Morgan fingerprint density at radius 3 is 2.57 bits per heavy atom. The van der Waals surface area contributed by atoms with Crippen LogP contribution in [-0.2, 0) is 0 Å². The van der Waals surface area contributed by atoms with Gasteiger partial charge in [0.25, 0.3) is 5.69 Å². The zero-order valence-electron chi connectivity index (χ0n) is 10.3. The van der Waals surface area contributed by atoms with E-state index in [1.807, 2.05) is 0 Å². The fourth-order valence-electron chi connectivity index (χ4n) is 1.51. The molecule has 0 bridgehead atoms. The highest BCUT2D eigenvalue weighted by molar-refractivity contribution is 7.99. The quantitative estimate of drug-likeness (QED) is 0.643. The van der Waals surface area contributed by atoms with E-state index in [0.29, 0.717) is 9.79 Å². The third-order valence-corrected chi connectivity index (χ3v) is 4.56. The summed E-state index contributed by atoms with van der Waals surface area (Å²) in [5.74, 6) is -1.80. The monoisotopic (exact) mass is 324 g/mol. The van der Waals surface area contributed by atoms with Crippen molar-refractivity contribution in [2.24, 2.45) is 5.73 Å². The Bertz CT molecular complexity index is 741. The Kier molecular flexibility index (Phi) is 4.24. The van der Waals surface area contributed by atoms with Gasteiger partial charge in [-0.2, -0.15) is 0 Å². The van der Waals surface area contributed by atoms with E-state index in [1.165, 1.54) is 18.2 Å². The molecule has 0 radical (unpaired) electrons.